The lowest BCUT2D eigenvalue weighted by atomic mass is 10.1. The van der Waals surface area contributed by atoms with Crippen molar-refractivity contribution in [2.24, 2.45) is 5.92 Å². The maximum atomic E-state index is 11.4. The monoisotopic (exact) mass is 209 g/mol. The van der Waals surface area contributed by atoms with Gasteiger partial charge in [0.05, 0.1) is 5.69 Å². The Hall–Kier alpha value is -1.19. The van der Waals surface area contributed by atoms with Gasteiger partial charge in [-0.1, -0.05) is 32.9 Å². The van der Waals surface area contributed by atoms with E-state index in [-0.39, 0.29) is 11.7 Å². The van der Waals surface area contributed by atoms with Gasteiger partial charge in [-0.25, -0.2) is 0 Å². The van der Waals surface area contributed by atoms with Crippen molar-refractivity contribution in [3.63, 3.8) is 0 Å². The van der Waals surface area contributed by atoms with Crippen LogP contribution < -0.4 is 0 Å². The molecule has 0 aromatic carbocycles. The predicted octanol–water partition coefficient (Wildman–Crippen LogP) is 2.02. The van der Waals surface area contributed by atoms with Crippen LogP contribution >= 0.6 is 0 Å². The van der Waals surface area contributed by atoms with Gasteiger partial charge in [-0.3, -0.25) is 9.48 Å². The first kappa shape index (κ1) is 11.9. The fourth-order valence-corrected chi connectivity index (χ4v) is 1.20. The molecule has 4 heteroatoms. The third-order valence-electron chi connectivity index (χ3n) is 2.38. The van der Waals surface area contributed by atoms with Crippen molar-refractivity contribution in [1.29, 1.82) is 0 Å². The van der Waals surface area contributed by atoms with Crippen LogP contribution in [0.1, 0.15) is 45.7 Å². The van der Waals surface area contributed by atoms with E-state index in [1.165, 1.54) is 0 Å². The summed E-state index contributed by atoms with van der Waals surface area (Å²) in [5.41, 5.74) is 0.979. The number of nitrogens with zero attached hydrogens (tertiary/aromatic N) is 3. The van der Waals surface area contributed by atoms with Crippen LogP contribution in [-0.2, 0) is 11.3 Å². The van der Waals surface area contributed by atoms with Gasteiger partial charge in [-0.2, -0.15) is 0 Å². The molecule has 0 N–H and O–H groups in total. The number of rotatable bonds is 5. The van der Waals surface area contributed by atoms with Crippen molar-refractivity contribution in [3.05, 3.63) is 11.9 Å². The van der Waals surface area contributed by atoms with Gasteiger partial charge in [0.15, 0.2) is 0 Å². The molecule has 0 spiro atoms. The Morgan fingerprint density at radius 1 is 1.40 bits per heavy atom. The van der Waals surface area contributed by atoms with Gasteiger partial charge < -0.3 is 0 Å². The summed E-state index contributed by atoms with van der Waals surface area (Å²) in [6.45, 7) is 8.63. The molecule has 0 aliphatic rings. The molecule has 0 aliphatic heterocycles. The van der Waals surface area contributed by atoms with Crippen molar-refractivity contribution in [1.82, 2.24) is 15.0 Å². The summed E-state index contributed by atoms with van der Waals surface area (Å²) < 4.78 is 1.75. The Labute approximate surface area is 90.7 Å². The second-order valence-electron chi connectivity index (χ2n) is 4.43. The highest BCUT2D eigenvalue weighted by Gasteiger charge is 2.09. The zero-order chi connectivity index (χ0) is 11.4. The lowest BCUT2D eigenvalue weighted by molar-refractivity contribution is -0.122. The molecule has 0 amide bonds. The Kier molecular flexibility index (Phi) is 4.00. The van der Waals surface area contributed by atoms with Gasteiger partial charge in [0.25, 0.3) is 0 Å². The van der Waals surface area contributed by atoms with Crippen molar-refractivity contribution < 1.29 is 4.79 Å². The molecule has 84 valence electrons. The largest absolute Gasteiger partial charge is 0.299 e. The molecule has 0 radical (unpaired) electrons. The summed E-state index contributed by atoms with van der Waals surface area (Å²) in [4.78, 5) is 11.4. The van der Waals surface area contributed by atoms with Crippen molar-refractivity contribution in [2.45, 2.75) is 46.6 Å². The molecule has 1 rings (SSSR count). The quantitative estimate of drug-likeness (QED) is 0.745. The van der Waals surface area contributed by atoms with Crippen molar-refractivity contribution in [3.8, 4) is 0 Å². The molecule has 0 aliphatic carbocycles. The number of aromatic nitrogens is 3. The molecule has 0 unspecified atom stereocenters. The van der Waals surface area contributed by atoms with E-state index in [0.29, 0.717) is 18.9 Å². The van der Waals surface area contributed by atoms with E-state index in [1.807, 2.05) is 20.0 Å². The normalized spacial score (nSPS) is 11.3. The first-order valence-corrected chi connectivity index (χ1v) is 5.43. The van der Waals surface area contributed by atoms with Gasteiger partial charge in [0.2, 0.25) is 0 Å². The van der Waals surface area contributed by atoms with Gasteiger partial charge >= 0.3 is 0 Å². The minimum absolute atomic E-state index is 0.109. The van der Waals surface area contributed by atoms with Crippen LogP contribution in [0.15, 0.2) is 6.20 Å². The standard InChI is InChI=1S/C11H19N3O/c1-8(2)10-7-14(13-12-10)6-5-11(15)9(3)4/h7-9H,5-6H2,1-4H3. The molecular formula is C11H19N3O. The Balaban J connectivity index is 2.48. The van der Waals surface area contributed by atoms with Crippen molar-refractivity contribution >= 4 is 5.78 Å². The predicted molar refractivity (Wildman–Crippen MR) is 58.6 cm³/mol. The van der Waals surface area contributed by atoms with Gasteiger partial charge in [0.1, 0.15) is 5.78 Å². The molecule has 4 nitrogen and oxygen atoms in total. The molecule has 0 fully saturated rings. The third-order valence-corrected chi connectivity index (χ3v) is 2.38. The smallest absolute Gasteiger partial charge is 0.137 e. The summed E-state index contributed by atoms with van der Waals surface area (Å²) in [5.74, 6) is 0.772. The topological polar surface area (TPSA) is 47.8 Å². The van der Waals surface area contributed by atoms with Crippen LogP contribution in [-0.4, -0.2) is 20.8 Å². The number of ketones is 1. The van der Waals surface area contributed by atoms with Crippen LogP contribution in [0.3, 0.4) is 0 Å². The van der Waals surface area contributed by atoms with Gasteiger partial charge in [-0.05, 0) is 5.92 Å². The summed E-state index contributed by atoms with van der Waals surface area (Å²) in [7, 11) is 0. The van der Waals surface area contributed by atoms with Crippen LogP contribution in [0, 0.1) is 5.92 Å². The van der Waals surface area contributed by atoms with Gasteiger partial charge in [0, 0.05) is 25.1 Å². The molecule has 0 saturated carbocycles. The number of hydrogen-bond donors (Lipinski definition) is 0. The first-order chi connectivity index (χ1) is 7.00. The fourth-order valence-electron chi connectivity index (χ4n) is 1.20. The minimum Gasteiger partial charge on any atom is -0.299 e. The number of carbonyl (C=O) groups is 1. The van der Waals surface area contributed by atoms with E-state index < -0.39 is 0 Å². The highest BCUT2D eigenvalue weighted by molar-refractivity contribution is 5.80. The van der Waals surface area contributed by atoms with E-state index >= 15 is 0 Å². The van der Waals surface area contributed by atoms with Crippen LogP contribution in [0.5, 0.6) is 0 Å². The molecule has 1 aromatic heterocycles. The van der Waals surface area contributed by atoms with E-state index in [1.54, 1.807) is 4.68 Å². The molecule has 15 heavy (non-hydrogen) atoms. The van der Waals surface area contributed by atoms with Crippen LogP contribution in [0.25, 0.3) is 0 Å². The SMILES string of the molecule is CC(C)C(=O)CCn1cc(C(C)C)nn1. The molecular weight excluding hydrogens is 190 g/mol. The second-order valence-corrected chi connectivity index (χ2v) is 4.43. The van der Waals surface area contributed by atoms with Gasteiger partial charge in [-0.15, -0.1) is 5.10 Å². The summed E-state index contributed by atoms with van der Waals surface area (Å²) in [6, 6.07) is 0. The first-order valence-electron chi connectivity index (χ1n) is 5.43. The lowest BCUT2D eigenvalue weighted by Gasteiger charge is -2.03. The van der Waals surface area contributed by atoms with Crippen LogP contribution in [0.2, 0.25) is 0 Å². The summed E-state index contributed by atoms with van der Waals surface area (Å²) >= 11 is 0. The van der Waals surface area contributed by atoms with E-state index in [0.717, 1.165) is 5.69 Å². The Morgan fingerprint density at radius 2 is 2.07 bits per heavy atom. The highest BCUT2D eigenvalue weighted by atomic mass is 16.1. The second kappa shape index (κ2) is 5.05. The fraction of sp³-hybridized carbons (Fsp3) is 0.727. The summed E-state index contributed by atoms with van der Waals surface area (Å²) in [6.07, 6.45) is 2.46. The van der Waals surface area contributed by atoms with E-state index in [2.05, 4.69) is 24.2 Å². The minimum atomic E-state index is 0.109. The number of carbonyl (C=O) groups excluding carboxylic acids is 1. The molecule has 1 aromatic rings. The van der Waals surface area contributed by atoms with Crippen molar-refractivity contribution in [2.75, 3.05) is 0 Å². The average molecular weight is 209 g/mol. The number of Topliss-reactive ketones (excluding diaryl/α,β-unsaturated/α-hetero) is 1. The Morgan fingerprint density at radius 3 is 2.53 bits per heavy atom. The highest BCUT2D eigenvalue weighted by Crippen LogP contribution is 2.09. The Bertz CT molecular complexity index is 328. The molecule has 1 heterocycles. The third kappa shape index (κ3) is 3.46. The molecule has 0 bridgehead atoms. The summed E-state index contributed by atoms with van der Waals surface area (Å²) in [5, 5.41) is 8.02. The average Bonchev–Trinajstić information content (AvgIpc) is 2.62. The van der Waals surface area contributed by atoms with Crippen LogP contribution in [0.4, 0.5) is 0 Å². The lowest BCUT2D eigenvalue weighted by Crippen LogP contribution is -2.11. The number of aryl methyl sites for hydroxylation is 1. The maximum Gasteiger partial charge on any atom is 0.137 e. The number of hydrogen-bond acceptors (Lipinski definition) is 3. The molecule has 0 saturated heterocycles. The zero-order valence-corrected chi connectivity index (χ0v) is 9.90. The molecule has 0 atom stereocenters. The zero-order valence-electron chi connectivity index (χ0n) is 9.90. The van der Waals surface area contributed by atoms with E-state index in [4.69, 9.17) is 0 Å². The maximum absolute atomic E-state index is 11.4. The van der Waals surface area contributed by atoms with E-state index in [9.17, 15) is 4.79 Å².